The largest absolute Gasteiger partial charge is 0.378 e. The van der Waals surface area contributed by atoms with Gasteiger partial charge in [-0.2, -0.15) is 4.98 Å². The van der Waals surface area contributed by atoms with Crippen molar-refractivity contribution in [3.8, 4) is 11.5 Å². The van der Waals surface area contributed by atoms with Crippen LogP contribution in [0.4, 0.5) is 11.4 Å². The average Bonchev–Trinajstić information content (AvgIpc) is 3.35. The SMILES string of the molecule is CCc1ccc(N2CC(c3noc(-c4cccc(N(C)C)c4)n3)CC2=O)cc1. The van der Waals surface area contributed by atoms with Crippen LogP contribution in [-0.2, 0) is 11.2 Å². The summed E-state index contributed by atoms with van der Waals surface area (Å²) < 4.78 is 5.49. The number of anilines is 2. The van der Waals surface area contributed by atoms with Gasteiger partial charge in [0.15, 0.2) is 5.82 Å². The summed E-state index contributed by atoms with van der Waals surface area (Å²) in [6, 6.07) is 16.1. The molecular weight excluding hydrogens is 352 g/mol. The highest BCUT2D eigenvalue weighted by atomic mass is 16.5. The average molecular weight is 376 g/mol. The number of aromatic nitrogens is 2. The van der Waals surface area contributed by atoms with Gasteiger partial charge in [0.05, 0.1) is 0 Å². The van der Waals surface area contributed by atoms with E-state index in [1.807, 2.05) is 60.3 Å². The Morgan fingerprint density at radius 1 is 1.18 bits per heavy atom. The van der Waals surface area contributed by atoms with E-state index in [-0.39, 0.29) is 11.8 Å². The molecule has 0 spiro atoms. The van der Waals surface area contributed by atoms with E-state index in [0.717, 1.165) is 23.4 Å². The van der Waals surface area contributed by atoms with Gasteiger partial charge in [-0.1, -0.05) is 30.3 Å². The Hall–Kier alpha value is -3.15. The van der Waals surface area contributed by atoms with Crippen molar-refractivity contribution in [3.05, 3.63) is 59.9 Å². The number of hydrogen-bond donors (Lipinski definition) is 0. The van der Waals surface area contributed by atoms with Gasteiger partial charge < -0.3 is 14.3 Å². The Labute approximate surface area is 164 Å². The highest BCUT2D eigenvalue weighted by Gasteiger charge is 2.34. The normalized spacial score (nSPS) is 16.6. The molecule has 1 amide bonds. The standard InChI is InChI=1S/C22H24N4O2/c1-4-15-8-10-18(11-9-15)26-14-17(13-20(26)27)21-23-22(28-24-21)16-6-5-7-19(12-16)25(2)3/h5-12,17H,4,13-14H2,1-3H3. The van der Waals surface area contributed by atoms with Crippen LogP contribution in [0, 0.1) is 0 Å². The van der Waals surface area contributed by atoms with Crippen molar-refractivity contribution in [2.45, 2.75) is 25.7 Å². The Morgan fingerprint density at radius 3 is 2.68 bits per heavy atom. The first kappa shape index (κ1) is 18.2. The molecule has 0 radical (unpaired) electrons. The van der Waals surface area contributed by atoms with Gasteiger partial charge >= 0.3 is 0 Å². The van der Waals surface area contributed by atoms with E-state index in [4.69, 9.17) is 4.52 Å². The van der Waals surface area contributed by atoms with Crippen molar-refractivity contribution in [1.29, 1.82) is 0 Å². The van der Waals surface area contributed by atoms with Crippen LogP contribution in [0.2, 0.25) is 0 Å². The van der Waals surface area contributed by atoms with Crippen LogP contribution in [0.5, 0.6) is 0 Å². The molecule has 4 rings (SSSR count). The van der Waals surface area contributed by atoms with E-state index < -0.39 is 0 Å². The van der Waals surface area contributed by atoms with Crippen LogP contribution >= 0.6 is 0 Å². The third kappa shape index (κ3) is 3.50. The van der Waals surface area contributed by atoms with Crippen molar-refractivity contribution < 1.29 is 9.32 Å². The minimum Gasteiger partial charge on any atom is -0.378 e. The summed E-state index contributed by atoms with van der Waals surface area (Å²) in [5.74, 6) is 1.10. The van der Waals surface area contributed by atoms with Gasteiger partial charge in [0.1, 0.15) is 0 Å². The molecule has 2 heterocycles. The molecule has 0 aliphatic carbocycles. The lowest BCUT2D eigenvalue weighted by molar-refractivity contribution is -0.117. The third-order valence-electron chi connectivity index (χ3n) is 5.20. The smallest absolute Gasteiger partial charge is 0.258 e. The minimum atomic E-state index is -0.0621. The van der Waals surface area contributed by atoms with Crippen molar-refractivity contribution in [1.82, 2.24) is 10.1 Å². The maximum absolute atomic E-state index is 12.5. The molecule has 6 nitrogen and oxygen atoms in total. The van der Waals surface area contributed by atoms with E-state index >= 15 is 0 Å². The summed E-state index contributed by atoms with van der Waals surface area (Å²) in [6.07, 6.45) is 1.38. The van der Waals surface area contributed by atoms with E-state index in [9.17, 15) is 4.79 Å². The Bertz CT molecular complexity index is 978. The van der Waals surface area contributed by atoms with E-state index in [0.29, 0.717) is 24.7 Å². The van der Waals surface area contributed by atoms with Gasteiger partial charge in [0.2, 0.25) is 5.91 Å². The van der Waals surface area contributed by atoms with Crippen molar-refractivity contribution in [2.75, 3.05) is 30.4 Å². The zero-order valence-corrected chi connectivity index (χ0v) is 16.4. The maximum Gasteiger partial charge on any atom is 0.258 e. The lowest BCUT2D eigenvalue weighted by Crippen LogP contribution is -2.24. The van der Waals surface area contributed by atoms with Gasteiger partial charge in [-0.25, -0.2) is 0 Å². The Kier molecular flexibility index (Phi) is 4.86. The molecular formula is C22H24N4O2. The summed E-state index contributed by atoms with van der Waals surface area (Å²) in [4.78, 5) is 21.0. The molecule has 1 aliphatic heterocycles. The lowest BCUT2D eigenvalue weighted by atomic mass is 10.1. The van der Waals surface area contributed by atoms with E-state index in [1.165, 1.54) is 5.56 Å². The van der Waals surface area contributed by atoms with Gasteiger partial charge in [0, 0.05) is 49.9 Å². The number of carbonyl (C=O) groups excluding carboxylic acids is 1. The molecule has 3 aromatic rings. The predicted molar refractivity (Wildman–Crippen MR) is 110 cm³/mol. The number of nitrogens with zero attached hydrogens (tertiary/aromatic N) is 4. The zero-order chi connectivity index (χ0) is 19.7. The molecule has 1 aliphatic rings. The van der Waals surface area contributed by atoms with Crippen LogP contribution in [0.15, 0.2) is 53.1 Å². The topological polar surface area (TPSA) is 62.5 Å². The summed E-state index contributed by atoms with van der Waals surface area (Å²) in [5.41, 5.74) is 4.12. The molecule has 1 aromatic heterocycles. The Balaban J connectivity index is 1.53. The van der Waals surface area contributed by atoms with Crippen LogP contribution in [0.3, 0.4) is 0 Å². The van der Waals surface area contributed by atoms with Crippen LogP contribution in [0.1, 0.15) is 30.7 Å². The molecule has 144 valence electrons. The third-order valence-corrected chi connectivity index (χ3v) is 5.20. The van der Waals surface area contributed by atoms with E-state index in [1.54, 1.807) is 0 Å². The number of carbonyl (C=O) groups is 1. The second-order valence-corrected chi connectivity index (χ2v) is 7.33. The first-order chi connectivity index (χ1) is 13.5. The van der Waals surface area contributed by atoms with E-state index in [2.05, 4.69) is 29.2 Å². The molecule has 1 atom stereocenters. The monoisotopic (exact) mass is 376 g/mol. The molecule has 1 fully saturated rings. The second kappa shape index (κ2) is 7.46. The number of hydrogen-bond acceptors (Lipinski definition) is 5. The molecule has 6 heteroatoms. The highest BCUT2D eigenvalue weighted by molar-refractivity contribution is 5.96. The lowest BCUT2D eigenvalue weighted by Gasteiger charge is -2.16. The number of amides is 1. The molecule has 2 aromatic carbocycles. The number of rotatable bonds is 5. The van der Waals surface area contributed by atoms with Crippen LogP contribution in [-0.4, -0.2) is 36.7 Å². The van der Waals surface area contributed by atoms with Gasteiger partial charge in [-0.3, -0.25) is 4.79 Å². The fourth-order valence-electron chi connectivity index (χ4n) is 3.48. The van der Waals surface area contributed by atoms with Crippen LogP contribution < -0.4 is 9.80 Å². The summed E-state index contributed by atoms with van der Waals surface area (Å²) in [5, 5.41) is 4.16. The zero-order valence-electron chi connectivity index (χ0n) is 16.4. The summed E-state index contributed by atoms with van der Waals surface area (Å²) >= 11 is 0. The fraction of sp³-hybridized carbons (Fsp3) is 0.318. The van der Waals surface area contributed by atoms with Crippen molar-refractivity contribution in [2.24, 2.45) is 0 Å². The molecule has 0 saturated carbocycles. The molecule has 1 saturated heterocycles. The first-order valence-corrected chi connectivity index (χ1v) is 9.56. The van der Waals surface area contributed by atoms with Crippen molar-refractivity contribution >= 4 is 17.3 Å². The van der Waals surface area contributed by atoms with Gasteiger partial charge in [-0.05, 0) is 42.3 Å². The first-order valence-electron chi connectivity index (χ1n) is 9.56. The molecule has 0 bridgehead atoms. The minimum absolute atomic E-state index is 0.0621. The molecule has 0 N–H and O–H groups in total. The predicted octanol–water partition coefficient (Wildman–Crippen LogP) is 3.89. The summed E-state index contributed by atoms with van der Waals surface area (Å²) in [7, 11) is 3.98. The number of benzene rings is 2. The number of aryl methyl sites for hydroxylation is 1. The van der Waals surface area contributed by atoms with Crippen molar-refractivity contribution in [3.63, 3.8) is 0 Å². The highest BCUT2D eigenvalue weighted by Crippen LogP contribution is 2.32. The fourth-order valence-corrected chi connectivity index (χ4v) is 3.48. The maximum atomic E-state index is 12.5. The Morgan fingerprint density at radius 2 is 1.96 bits per heavy atom. The quantitative estimate of drug-likeness (QED) is 0.676. The molecule has 28 heavy (non-hydrogen) atoms. The van der Waals surface area contributed by atoms with Gasteiger partial charge in [-0.15, -0.1) is 0 Å². The van der Waals surface area contributed by atoms with Crippen LogP contribution in [0.25, 0.3) is 11.5 Å². The summed E-state index contributed by atoms with van der Waals surface area (Å²) in [6.45, 7) is 2.69. The van der Waals surface area contributed by atoms with Gasteiger partial charge in [0.25, 0.3) is 5.89 Å². The molecule has 1 unspecified atom stereocenters. The second-order valence-electron chi connectivity index (χ2n) is 7.33.